The molecule has 0 aromatic carbocycles. The average Bonchev–Trinajstić information content (AvgIpc) is 3.25. The van der Waals surface area contributed by atoms with Gasteiger partial charge >= 0.3 is 0 Å². The maximum Gasteiger partial charge on any atom is 0.274 e. The van der Waals surface area contributed by atoms with Gasteiger partial charge in [-0.15, -0.1) is 11.3 Å². The first-order valence-electron chi connectivity index (χ1n) is 9.04. The Morgan fingerprint density at radius 3 is 2.75 bits per heavy atom. The van der Waals surface area contributed by atoms with E-state index in [1.165, 1.54) is 11.3 Å². The van der Waals surface area contributed by atoms with Crippen molar-refractivity contribution in [3.8, 4) is 0 Å². The highest BCUT2D eigenvalue weighted by atomic mass is 32.1. The molecule has 28 heavy (non-hydrogen) atoms. The summed E-state index contributed by atoms with van der Waals surface area (Å²) in [5.41, 5.74) is 1.78. The van der Waals surface area contributed by atoms with Crippen LogP contribution < -0.4 is 10.0 Å². The lowest BCUT2D eigenvalue weighted by Gasteiger charge is -2.25. The summed E-state index contributed by atoms with van der Waals surface area (Å²) in [6, 6.07) is 7.19. The number of anilines is 1. The molecule has 7 nitrogen and oxygen atoms in total. The minimum absolute atomic E-state index is 0.0799. The monoisotopic (exact) mass is 401 g/mol. The van der Waals surface area contributed by atoms with Crippen molar-refractivity contribution in [2.45, 2.75) is 45.9 Å². The number of ether oxygens (including phenoxy) is 1. The summed E-state index contributed by atoms with van der Waals surface area (Å²) in [6.45, 7) is 8.42. The number of hydrogen-bond donors (Lipinski definition) is 2. The standard InChI is InChI=1S/C20H24N4O3S/c1-14(2)27-20(3,4)17-13-28-19(21-17)22-18(25)16-6-5-9-23(16)12-15-7-10-24(26)11-8-15/h5-11,13-14H,12H2,1-4H3,(H-,21,22,25,26)/p+1. The number of nitrogens with one attached hydrogen (secondary N) is 1. The van der Waals surface area contributed by atoms with E-state index in [0.717, 1.165) is 16.0 Å². The van der Waals surface area contributed by atoms with Crippen LogP contribution in [0.3, 0.4) is 0 Å². The van der Waals surface area contributed by atoms with Crippen molar-refractivity contribution in [2.75, 3.05) is 5.32 Å². The Labute approximate surface area is 168 Å². The van der Waals surface area contributed by atoms with Crippen molar-refractivity contribution >= 4 is 22.4 Å². The molecule has 0 aliphatic carbocycles. The van der Waals surface area contributed by atoms with Gasteiger partial charge in [0.2, 0.25) is 12.4 Å². The van der Waals surface area contributed by atoms with Crippen LogP contribution in [-0.2, 0) is 16.9 Å². The Balaban J connectivity index is 1.71. The predicted octanol–water partition coefficient (Wildman–Crippen LogP) is 3.43. The molecular formula is C20H25N4O3S+. The molecule has 8 heteroatoms. The van der Waals surface area contributed by atoms with Crippen LogP contribution in [-0.4, -0.2) is 26.8 Å². The molecule has 0 radical (unpaired) electrons. The van der Waals surface area contributed by atoms with Gasteiger partial charge in [-0.05, 0) is 45.4 Å². The minimum Gasteiger partial charge on any atom is -0.367 e. The van der Waals surface area contributed by atoms with Gasteiger partial charge in [0, 0.05) is 35.0 Å². The lowest BCUT2D eigenvalue weighted by atomic mass is 10.1. The number of carbonyl (C=O) groups is 1. The highest BCUT2D eigenvalue weighted by molar-refractivity contribution is 7.14. The molecule has 0 fully saturated rings. The summed E-state index contributed by atoms with van der Waals surface area (Å²) in [4.78, 5) is 17.3. The molecule has 2 N–H and O–H groups in total. The summed E-state index contributed by atoms with van der Waals surface area (Å²) in [5.74, 6) is -0.221. The predicted molar refractivity (Wildman–Crippen MR) is 107 cm³/mol. The van der Waals surface area contributed by atoms with Crippen molar-refractivity contribution in [1.82, 2.24) is 9.55 Å². The Morgan fingerprint density at radius 1 is 1.36 bits per heavy atom. The van der Waals surface area contributed by atoms with Gasteiger partial charge < -0.3 is 9.30 Å². The quantitative estimate of drug-likeness (QED) is 0.470. The highest BCUT2D eigenvalue weighted by Crippen LogP contribution is 2.29. The molecule has 1 amide bonds. The van der Waals surface area contributed by atoms with Crippen molar-refractivity contribution in [2.24, 2.45) is 0 Å². The number of carbonyl (C=O) groups excluding carboxylic acids is 1. The van der Waals surface area contributed by atoms with Crippen molar-refractivity contribution in [3.63, 3.8) is 0 Å². The third-order valence-electron chi connectivity index (χ3n) is 4.17. The number of thiazole rings is 1. The van der Waals surface area contributed by atoms with Crippen LogP contribution in [0.5, 0.6) is 0 Å². The van der Waals surface area contributed by atoms with Gasteiger partial charge in [-0.2, -0.15) is 0 Å². The van der Waals surface area contributed by atoms with E-state index in [9.17, 15) is 10.0 Å². The molecule has 0 atom stereocenters. The fourth-order valence-electron chi connectivity index (χ4n) is 2.93. The topological polar surface area (TPSA) is 80.3 Å². The molecule has 0 aliphatic rings. The van der Waals surface area contributed by atoms with Gasteiger partial charge in [0.25, 0.3) is 5.91 Å². The lowest BCUT2D eigenvalue weighted by molar-refractivity contribution is -0.904. The van der Waals surface area contributed by atoms with E-state index in [1.807, 2.05) is 49.9 Å². The number of rotatable bonds is 7. The van der Waals surface area contributed by atoms with E-state index < -0.39 is 5.60 Å². The maximum absolute atomic E-state index is 12.7. The number of pyridine rings is 1. The van der Waals surface area contributed by atoms with Crippen molar-refractivity contribution < 1.29 is 19.5 Å². The second-order valence-electron chi connectivity index (χ2n) is 7.28. The second kappa shape index (κ2) is 8.12. The van der Waals surface area contributed by atoms with Crippen LogP contribution in [0.15, 0.2) is 48.2 Å². The van der Waals surface area contributed by atoms with Crippen LogP contribution in [0.1, 0.15) is 49.4 Å². The smallest absolute Gasteiger partial charge is 0.274 e. The number of hydrogen-bond acceptors (Lipinski definition) is 5. The Morgan fingerprint density at radius 2 is 2.07 bits per heavy atom. The van der Waals surface area contributed by atoms with Gasteiger partial charge in [0.1, 0.15) is 11.3 Å². The van der Waals surface area contributed by atoms with Crippen LogP contribution in [0.4, 0.5) is 5.13 Å². The molecule has 0 unspecified atom stereocenters. The second-order valence-corrected chi connectivity index (χ2v) is 8.13. The largest absolute Gasteiger partial charge is 0.367 e. The first kappa shape index (κ1) is 20.0. The van der Waals surface area contributed by atoms with Gasteiger partial charge in [-0.1, -0.05) is 0 Å². The summed E-state index contributed by atoms with van der Waals surface area (Å²) in [7, 11) is 0. The average molecular weight is 402 g/mol. The third kappa shape index (κ3) is 4.76. The summed E-state index contributed by atoms with van der Waals surface area (Å²) < 4.78 is 8.75. The van der Waals surface area contributed by atoms with Crippen molar-refractivity contribution in [3.05, 3.63) is 65.2 Å². The van der Waals surface area contributed by atoms with E-state index >= 15 is 0 Å². The van der Waals surface area contributed by atoms with Gasteiger partial charge in [-0.3, -0.25) is 15.3 Å². The van der Waals surface area contributed by atoms with Crippen LogP contribution in [0.2, 0.25) is 0 Å². The molecule has 3 aromatic rings. The number of aromatic nitrogens is 3. The van der Waals surface area contributed by atoms with Gasteiger partial charge in [0.05, 0.1) is 11.8 Å². The minimum atomic E-state index is -0.523. The fourth-order valence-corrected chi connectivity index (χ4v) is 3.79. The zero-order valence-corrected chi connectivity index (χ0v) is 17.2. The zero-order valence-electron chi connectivity index (χ0n) is 16.4. The van der Waals surface area contributed by atoms with Gasteiger partial charge in [0.15, 0.2) is 5.13 Å². The maximum atomic E-state index is 12.7. The fraction of sp³-hybridized carbons (Fsp3) is 0.350. The highest BCUT2D eigenvalue weighted by Gasteiger charge is 2.26. The SMILES string of the molecule is CC(C)OC(C)(C)c1csc(NC(=O)c2cccn2Cc2cc[n+](O)cc2)n1. The van der Waals surface area contributed by atoms with Crippen LogP contribution in [0.25, 0.3) is 0 Å². The normalized spacial score (nSPS) is 11.8. The molecule has 3 aromatic heterocycles. The van der Waals surface area contributed by atoms with Crippen molar-refractivity contribution in [1.29, 1.82) is 0 Å². The molecule has 0 aliphatic heterocycles. The van der Waals surface area contributed by atoms with E-state index in [4.69, 9.17) is 4.74 Å². The Kier molecular flexibility index (Phi) is 5.81. The number of amides is 1. The molecule has 0 spiro atoms. The molecule has 0 saturated carbocycles. The van der Waals surface area contributed by atoms with E-state index in [-0.39, 0.29) is 12.0 Å². The number of nitrogens with zero attached hydrogens (tertiary/aromatic N) is 3. The molecule has 148 valence electrons. The van der Waals surface area contributed by atoms with E-state index in [2.05, 4.69) is 10.3 Å². The first-order chi connectivity index (χ1) is 13.2. The summed E-state index contributed by atoms with van der Waals surface area (Å²) in [6.07, 6.45) is 5.03. The van der Waals surface area contributed by atoms with Crippen LogP contribution >= 0.6 is 11.3 Å². The Bertz CT molecular complexity index is 945. The first-order valence-corrected chi connectivity index (χ1v) is 9.92. The zero-order chi connectivity index (χ0) is 20.3. The van der Waals surface area contributed by atoms with E-state index in [0.29, 0.717) is 17.4 Å². The third-order valence-corrected chi connectivity index (χ3v) is 4.93. The molecular weight excluding hydrogens is 376 g/mol. The van der Waals surface area contributed by atoms with Gasteiger partial charge in [-0.25, -0.2) is 4.98 Å². The molecule has 0 saturated heterocycles. The van der Waals surface area contributed by atoms with E-state index in [1.54, 1.807) is 30.6 Å². The summed E-state index contributed by atoms with van der Waals surface area (Å²) >= 11 is 1.38. The van der Waals surface area contributed by atoms with Crippen LogP contribution in [0, 0.1) is 0 Å². The Hall–Kier alpha value is -2.71. The molecule has 3 heterocycles. The molecule has 3 rings (SSSR count). The lowest BCUT2D eigenvalue weighted by Crippen LogP contribution is -2.28. The molecule has 0 bridgehead atoms. The summed E-state index contributed by atoms with van der Waals surface area (Å²) in [5, 5.41) is 14.6.